The molecule has 0 aliphatic heterocycles. The minimum Gasteiger partial charge on any atom is -0.312 e. The summed E-state index contributed by atoms with van der Waals surface area (Å²) >= 11 is 6.24. The van der Waals surface area contributed by atoms with Crippen LogP contribution in [-0.4, -0.2) is 12.1 Å². The molecule has 96 valence electrons. The normalized spacial score (nSPS) is 13.8. The SMILES string of the molecule is Cc1ccc(CC(C)CNC(C)(C)C)c(Cl)c1. The van der Waals surface area contributed by atoms with Crippen LogP contribution < -0.4 is 5.32 Å². The molecular weight excluding hydrogens is 230 g/mol. The fourth-order valence-corrected chi connectivity index (χ4v) is 2.06. The number of halogens is 1. The largest absolute Gasteiger partial charge is 0.312 e. The lowest BCUT2D eigenvalue weighted by Gasteiger charge is -2.23. The molecule has 0 saturated heterocycles. The van der Waals surface area contributed by atoms with E-state index in [1.54, 1.807) is 0 Å². The number of nitrogens with one attached hydrogen (secondary N) is 1. The van der Waals surface area contributed by atoms with Gasteiger partial charge in [-0.3, -0.25) is 0 Å². The van der Waals surface area contributed by atoms with Gasteiger partial charge in [0.2, 0.25) is 0 Å². The number of rotatable bonds is 4. The van der Waals surface area contributed by atoms with Crippen LogP contribution in [0.5, 0.6) is 0 Å². The summed E-state index contributed by atoms with van der Waals surface area (Å²) in [4.78, 5) is 0. The van der Waals surface area contributed by atoms with Crippen LogP contribution in [0.1, 0.15) is 38.8 Å². The van der Waals surface area contributed by atoms with Gasteiger partial charge in [-0.25, -0.2) is 0 Å². The third kappa shape index (κ3) is 5.56. The van der Waals surface area contributed by atoms with Gasteiger partial charge >= 0.3 is 0 Å². The topological polar surface area (TPSA) is 12.0 Å². The van der Waals surface area contributed by atoms with Crippen LogP contribution in [0.3, 0.4) is 0 Å². The van der Waals surface area contributed by atoms with Crippen molar-refractivity contribution in [3.63, 3.8) is 0 Å². The van der Waals surface area contributed by atoms with Gasteiger partial charge in [-0.05, 0) is 63.8 Å². The van der Waals surface area contributed by atoms with E-state index in [1.165, 1.54) is 11.1 Å². The minimum absolute atomic E-state index is 0.186. The zero-order chi connectivity index (χ0) is 13.1. The molecule has 1 atom stereocenters. The smallest absolute Gasteiger partial charge is 0.0440 e. The second-order valence-electron chi connectivity index (χ2n) is 6.04. The Morgan fingerprint density at radius 3 is 2.47 bits per heavy atom. The van der Waals surface area contributed by atoms with Gasteiger partial charge in [0.25, 0.3) is 0 Å². The third-order valence-corrected chi connectivity index (χ3v) is 3.11. The highest BCUT2D eigenvalue weighted by Gasteiger charge is 2.12. The number of hydrogen-bond acceptors (Lipinski definition) is 1. The van der Waals surface area contributed by atoms with Crippen LogP contribution in [0.15, 0.2) is 18.2 Å². The van der Waals surface area contributed by atoms with E-state index in [1.807, 2.05) is 6.07 Å². The van der Waals surface area contributed by atoms with Crippen molar-refractivity contribution in [2.75, 3.05) is 6.54 Å². The molecule has 0 aliphatic rings. The third-order valence-electron chi connectivity index (χ3n) is 2.76. The first-order valence-electron chi connectivity index (χ1n) is 6.28. The Bertz CT molecular complexity index is 366. The maximum Gasteiger partial charge on any atom is 0.0440 e. The van der Waals surface area contributed by atoms with E-state index in [0.29, 0.717) is 5.92 Å². The highest BCUT2D eigenvalue weighted by molar-refractivity contribution is 6.31. The van der Waals surface area contributed by atoms with Gasteiger partial charge in [0.1, 0.15) is 0 Å². The number of hydrogen-bond donors (Lipinski definition) is 1. The first-order valence-corrected chi connectivity index (χ1v) is 6.66. The van der Waals surface area contributed by atoms with E-state index in [9.17, 15) is 0 Å². The van der Waals surface area contributed by atoms with Crippen LogP contribution in [0.4, 0.5) is 0 Å². The van der Waals surface area contributed by atoms with Gasteiger partial charge in [-0.15, -0.1) is 0 Å². The zero-order valence-electron chi connectivity index (χ0n) is 11.6. The van der Waals surface area contributed by atoms with Crippen LogP contribution in [0, 0.1) is 12.8 Å². The molecule has 0 spiro atoms. The van der Waals surface area contributed by atoms with E-state index in [4.69, 9.17) is 11.6 Å². The summed E-state index contributed by atoms with van der Waals surface area (Å²) in [6, 6.07) is 6.32. The lowest BCUT2D eigenvalue weighted by Crippen LogP contribution is -2.39. The maximum absolute atomic E-state index is 6.24. The summed E-state index contributed by atoms with van der Waals surface area (Å²) in [6.07, 6.45) is 1.03. The lowest BCUT2D eigenvalue weighted by atomic mass is 9.99. The van der Waals surface area contributed by atoms with Crippen molar-refractivity contribution >= 4 is 11.6 Å². The van der Waals surface area contributed by atoms with Gasteiger partial charge in [0.15, 0.2) is 0 Å². The Labute approximate surface area is 111 Å². The average molecular weight is 254 g/mol. The molecule has 17 heavy (non-hydrogen) atoms. The summed E-state index contributed by atoms with van der Waals surface area (Å²) in [6.45, 7) is 11.9. The number of benzene rings is 1. The predicted molar refractivity (Wildman–Crippen MR) is 76.8 cm³/mol. The molecule has 0 heterocycles. The molecule has 1 nitrogen and oxygen atoms in total. The molecule has 1 unspecified atom stereocenters. The average Bonchev–Trinajstić information content (AvgIpc) is 2.18. The summed E-state index contributed by atoms with van der Waals surface area (Å²) in [5.74, 6) is 0.592. The van der Waals surface area contributed by atoms with E-state index in [-0.39, 0.29) is 5.54 Å². The van der Waals surface area contributed by atoms with E-state index in [0.717, 1.165) is 18.0 Å². The summed E-state index contributed by atoms with van der Waals surface area (Å²) < 4.78 is 0. The molecule has 2 heteroatoms. The van der Waals surface area contributed by atoms with Crippen molar-refractivity contribution in [1.82, 2.24) is 5.32 Å². The standard InChI is InChI=1S/C15H24ClN/c1-11-6-7-13(14(16)9-11)8-12(2)10-17-15(3,4)5/h6-7,9,12,17H,8,10H2,1-5H3. The molecule has 1 rings (SSSR count). The molecule has 0 fully saturated rings. The van der Waals surface area contributed by atoms with Crippen molar-refractivity contribution in [3.05, 3.63) is 34.3 Å². The van der Waals surface area contributed by atoms with Crippen LogP contribution >= 0.6 is 11.6 Å². The molecular formula is C15H24ClN. The monoisotopic (exact) mass is 253 g/mol. The molecule has 0 bridgehead atoms. The number of aryl methyl sites for hydroxylation is 1. The second kappa shape index (κ2) is 5.88. The fraction of sp³-hybridized carbons (Fsp3) is 0.600. The summed E-state index contributed by atoms with van der Waals surface area (Å²) in [5.41, 5.74) is 2.66. The molecule has 0 amide bonds. The minimum atomic E-state index is 0.186. The molecule has 0 saturated carbocycles. The molecule has 0 aromatic heterocycles. The Morgan fingerprint density at radius 1 is 1.29 bits per heavy atom. The van der Waals surface area contributed by atoms with E-state index < -0.39 is 0 Å². The second-order valence-corrected chi connectivity index (χ2v) is 6.44. The van der Waals surface area contributed by atoms with Crippen LogP contribution in [-0.2, 0) is 6.42 Å². The van der Waals surface area contributed by atoms with Gasteiger partial charge in [0, 0.05) is 10.6 Å². The summed E-state index contributed by atoms with van der Waals surface area (Å²) in [7, 11) is 0. The highest BCUT2D eigenvalue weighted by atomic mass is 35.5. The molecule has 1 N–H and O–H groups in total. The van der Waals surface area contributed by atoms with Crippen molar-refractivity contribution in [1.29, 1.82) is 0 Å². The molecule has 1 aromatic rings. The fourth-order valence-electron chi connectivity index (χ4n) is 1.75. The van der Waals surface area contributed by atoms with Crippen molar-refractivity contribution in [2.24, 2.45) is 5.92 Å². The Morgan fingerprint density at radius 2 is 1.94 bits per heavy atom. The molecule has 1 aromatic carbocycles. The first kappa shape index (κ1) is 14.5. The van der Waals surface area contributed by atoms with Crippen LogP contribution in [0.2, 0.25) is 5.02 Å². The first-order chi connectivity index (χ1) is 7.78. The van der Waals surface area contributed by atoms with Gasteiger partial charge in [-0.1, -0.05) is 30.7 Å². The van der Waals surface area contributed by atoms with E-state index in [2.05, 4.69) is 52.1 Å². The lowest BCUT2D eigenvalue weighted by molar-refractivity contribution is 0.381. The molecule has 0 aliphatic carbocycles. The van der Waals surface area contributed by atoms with Gasteiger partial charge in [-0.2, -0.15) is 0 Å². The highest BCUT2D eigenvalue weighted by Crippen LogP contribution is 2.20. The van der Waals surface area contributed by atoms with Crippen molar-refractivity contribution < 1.29 is 0 Å². The maximum atomic E-state index is 6.24. The van der Waals surface area contributed by atoms with Crippen molar-refractivity contribution in [3.8, 4) is 0 Å². The van der Waals surface area contributed by atoms with Crippen LogP contribution in [0.25, 0.3) is 0 Å². The van der Waals surface area contributed by atoms with Crippen molar-refractivity contribution in [2.45, 2.75) is 46.6 Å². The summed E-state index contributed by atoms with van der Waals surface area (Å²) in [5, 5.41) is 4.43. The Kier molecular flexibility index (Phi) is 5.03. The van der Waals surface area contributed by atoms with E-state index >= 15 is 0 Å². The molecule has 0 radical (unpaired) electrons. The van der Waals surface area contributed by atoms with Gasteiger partial charge < -0.3 is 5.32 Å². The van der Waals surface area contributed by atoms with Gasteiger partial charge in [0.05, 0.1) is 0 Å². The predicted octanol–water partition coefficient (Wildman–Crippen LogP) is 4.22. The zero-order valence-corrected chi connectivity index (χ0v) is 12.4. The Balaban J connectivity index is 2.53. The Hall–Kier alpha value is -0.530. The quantitative estimate of drug-likeness (QED) is 0.848.